The van der Waals surface area contributed by atoms with Crippen LogP contribution in [-0.4, -0.2) is 9.55 Å². The highest BCUT2D eigenvalue weighted by Crippen LogP contribution is 2.33. The second-order valence-corrected chi connectivity index (χ2v) is 6.81. The SMILES string of the molecule is Cc1ccc(-c2nccc3c(C)c(C)n(Cc4ccccc4F)c23)cc1.Cl. The van der Waals surface area contributed by atoms with E-state index in [0.717, 1.165) is 22.5 Å². The van der Waals surface area contributed by atoms with Gasteiger partial charge in [-0.1, -0.05) is 48.0 Å². The molecule has 0 saturated heterocycles. The van der Waals surface area contributed by atoms with E-state index < -0.39 is 0 Å². The van der Waals surface area contributed by atoms with E-state index >= 15 is 0 Å². The molecule has 0 aliphatic carbocycles. The van der Waals surface area contributed by atoms with Crippen molar-refractivity contribution in [2.45, 2.75) is 27.3 Å². The molecule has 0 unspecified atom stereocenters. The largest absolute Gasteiger partial charge is 0.338 e. The van der Waals surface area contributed by atoms with E-state index in [-0.39, 0.29) is 18.2 Å². The Balaban J connectivity index is 0.00000210. The van der Waals surface area contributed by atoms with Crippen LogP contribution in [0.5, 0.6) is 0 Å². The molecule has 2 heterocycles. The lowest BCUT2D eigenvalue weighted by Crippen LogP contribution is -2.05. The Bertz CT molecular complexity index is 1100. The fourth-order valence-electron chi connectivity index (χ4n) is 3.51. The average Bonchev–Trinajstić information content (AvgIpc) is 2.89. The van der Waals surface area contributed by atoms with Crippen LogP contribution >= 0.6 is 12.4 Å². The van der Waals surface area contributed by atoms with Gasteiger partial charge in [0.05, 0.1) is 17.8 Å². The van der Waals surface area contributed by atoms with Crippen molar-refractivity contribution in [3.63, 3.8) is 0 Å². The summed E-state index contributed by atoms with van der Waals surface area (Å²) in [4.78, 5) is 4.67. The quantitative estimate of drug-likeness (QED) is 0.411. The average molecular weight is 381 g/mol. The summed E-state index contributed by atoms with van der Waals surface area (Å²) < 4.78 is 16.4. The topological polar surface area (TPSA) is 17.8 Å². The van der Waals surface area contributed by atoms with Gasteiger partial charge in [-0.3, -0.25) is 4.98 Å². The molecule has 0 aliphatic heterocycles. The van der Waals surface area contributed by atoms with Gasteiger partial charge in [0, 0.05) is 28.4 Å². The van der Waals surface area contributed by atoms with Crippen molar-refractivity contribution in [1.29, 1.82) is 0 Å². The van der Waals surface area contributed by atoms with Crippen LogP contribution in [0.2, 0.25) is 0 Å². The van der Waals surface area contributed by atoms with Gasteiger partial charge < -0.3 is 4.57 Å². The van der Waals surface area contributed by atoms with E-state index in [4.69, 9.17) is 0 Å². The molecule has 0 spiro atoms. The van der Waals surface area contributed by atoms with Crippen LogP contribution in [0.3, 0.4) is 0 Å². The Morgan fingerprint density at radius 1 is 0.926 bits per heavy atom. The van der Waals surface area contributed by atoms with Crippen molar-refractivity contribution in [2.24, 2.45) is 0 Å². The van der Waals surface area contributed by atoms with E-state index in [1.807, 2.05) is 24.4 Å². The van der Waals surface area contributed by atoms with E-state index in [0.29, 0.717) is 12.1 Å². The second-order valence-electron chi connectivity index (χ2n) is 6.81. The van der Waals surface area contributed by atoms with Crippen LogP contribution in [0.1, 0.15) is 22.4 Å². The molecule has 0 saturated carbocycles. The number of aromatic nitrogens is 2. The molecule has 0 fully saturated rings. The highest BCUT2D eigenvalue weighted by atomic mass is 35.5. The maximum Gasteiger partial charge on any atom is 0.128 e. The summed E-state index contributed by atoms with van der Waals surface area (Å²) in [7, 11) is 0. The molecule has 2 nitrogen and oxygen atoms in total. The second kappa shape index (κ2) is 7.53. The third kappa shape index (κ3) is 3.35. The summed E-state index contributed by atoms with van der Waals surface area (Å²) in [6.45, 7) is 6.78. The Morgan fingerprint density at radius 3 is 2.33 bits per heavy atom. The van der Waals surface area contributed by atoms with Gasteiger partial charge in [0.15, 0.2) is 0 Å². The molecule has 0 atom stereocenters. The highest BCUT2D eigenvalue weighted by molar-refractivity contribution is 5.95. The minimum atomic E-state index is -0.174. The van der Waals surface area contributed by atoms with Gasteiger partial charge in [-0.05, 0) is 38.5 Å². The van der Waals surface area contributed by atoms with Crippen LogP contribution in [0.4, 0.5) is 4.39 Å². The van der Waals surface area contributed by atoms with Crippen molar-refractivity contribution < 1.29 is 4.39 Å². The smallest absolute Gasteiger partial charge is 0.128 e. The lowest BCUT2D eigenvalue weighted by atomic mass is 10.1. The van der Waals surface area contributed by atoms with Crippen molar-refractivity contribution >= 4 is 23.3 Å². The molecule has 2 aromatic heterocycles. The Labute approximate surface area is 165 Å². The zero-order chi connectivity index (χ0) is 18.3. The van der Waals surface area contributed by atoms with Crippen LogP contribution < -0.4 is 0 Å². The molecule has 27 heavy (non-hydrogen) atoms. The van der Waals surface area contributed by atoms with Crippen LogP contribution in [0.15, 0.2) is 60.8 Å². The molecule has 4 heteroatoms. The predicted molar refractivity (Wildman–Crippen MR) is 112 cm³/mol. The molecule has 138 valence electrons. The maximum absolute atomic E-state index is 14.3. The van der Waals surface area contributed by atoms with E-state index in [2.05, 4.69) is 54.6 Å². The van der Waals surface area contributed by atoms with E-state index in [1.54, 1.807) is 6.07 Å². The number of nitrogens with zero attached hydrogens (tertiary/aromatic N) is 2. The molecule has 0 bridgehead atoms. The molecular weight excluding hydrogens is 359 g/mol. The molecule has 2 aromatic carbocycles. The number of benzene rings is 2. The van der Waals surface area contributed by atoms with Gasteiger partial charge in [0.25, 0.3) is 0 Å². The van der Waals surface area contributed by atoms with Crippen LogP contribution in [0, 0.1) is 26.6 Å². The molecule has 4 aromatic rings. The van der Waals surface area contributed by atoms with E-state index in [1.165, 1.54) is 22.6 Å². The first-order valence-electron chi connectivity index (χ1n) is 8.81. The Kier molecular flexibility index (Phi) is 5.33. The minimum Gasteiger partial charge on any atom is -0.338 e. The fourth-order valence-corrected chi connectivity index (χ4v) is 3.51. The van der Waals surface area contributed by atoms with Crippen LogP contribution in [0.25, 0.3) is 22.2 Å². The third-order valence-corrected chi connectivity index (χ3v) is 5.16. The van der Waals surface area contributed by atoms with Crippen molar-refractivity contribution in [2.75, 3.05) is 0 Å². The van der Waals surface area contributed by atoms with Gasteiger partial charge in [-0.25, -0.2) is 4.39 Å². The van der Waals surface area contributed by atoms with Crippen molar-refractivity contribution in [1.82, 2.24) is 9.55 Å². The zero-order valence-electron chi connectivity index (χ0n) is 15.7. The summed E-state index contributed by atoms with van der Waals surface area (Å²) in [5.74, 6) is -0.174. The van der Waals surface area contributed by atoms with Gasteiger partial charge in [0.1, 0.15) is 5.82 Å². The number of hydrogen-bond donors (Lipinski definition) is 0. The summed E-state index contributed by atoms with van der Waals surface area (Å²) in [5, 5.41) is 1.17. The molecular formula is C23H22ClFN2. The number of halogens is 2. The van der Waals surface area contributed by atoms with Gasteiger partial charge in [-0.2, -0.15) is 0 Å². The van der Waals surface area contributed by atoms with Gasteiger partial charge in [0.2, 0.25) is 0 Å². The number of hydrogen-bond acceptors (Lipinski definition) is 1. The maximum atomic E-state index is 14.3. The monoisotopic (exact) mass is 380 g/mol. The Hall–Kier alpha value is -2.65. The van der Waals surface area contributed by atoms with Gasteiger partial charge >= 0.3 is 0 Å². The summed E-state index contributed by atoms with van der Waals surface area (Å²) in [6.07, 6.45) is 1.86. The lowest BCUT2D eigenvalue weighted by molar-refractivity contribution is 0.600. The van der Waals surface area contributed by atoms with Crippen molar-refractivity contribution in [3.8, 4) is 11.3 Å². The highest BCUT2D eigenvalue weighted by Gasteiger charge is 2.17. The summed E-state index contributed by atoms with van der Waals surface area (Å²) in [5.41, 5.74) is 7.34. The number of rotatable bonds is 3. The molecule has 0 radical (unpaired) electrons. The number of pyridine rings is 1. The number of fused-ring (bicyclic) bond motifs is 1. The third-order valence-electron chi connectivity index (χ3n) is 5.16. The minimum absolute atomic E-state index is 0. The normalized spacial score (nSPS) is 10.8. The van der Waals surface area contributed by atoms with Crippen LogP contribution in [-0.2, 0) is 6.54 Å². The summed E-state index contributed by atoms with van der Waals surface area (Å²) >= 11 is 0. The first-order valence-corrected chi connectivity index (χ1v) is 8.81. The van der Waals surface area contributed by atoms with E-state index in [9.17, 15) is 4.39 Å². The Morgan fingerprint density at radius 2 is 1.63 bits per heavy atom. The first-order chi connectivity index (χ1) is 12.6. The lowest BCUT2D eigenvalue weighted by Gasteiger charge is -2.12. The standard InChI is InChI=1S/C23H21FN2.ClH/c1-15-8-10-18(11-9-15)22-23-20(12-13-25-22)16(2)17(3)26(23)14-19-6-4-5-7-21(19)24;/h4-13H,14H2,1-3H3;1H. The van der Waals surface area contributed by atoms with Crippen molar-refractivity contribution in [3.05, 3.63) is 89.0 Å². The molecule has 4 rings (SSSR count). The predicted octanol–water partition coefficient (Wildman–Crippen LogP) is 6.24. The molecule has 0 aliphatic rings. The number of aryl methyl sites for hydroxylation is 2. The summed E-state index contributed by atoms with van der Waals surface area (Å²) in [6, 6.07) is 17.4. The zero-order valence-corrected chi connectivity index (χ0v) is 16.5. The molecule has 0 N–H and O–H groups in total. The molecule has 0 amide bonds. The van der Waals surface area contributed by atoms with Gasteiger partial charge in [-0.15, -0.1) is 12.4 Å². The first kappa shape index (κ1) is 19.1. The fraction of sp³-hybridized carbons (Fsp3) is 0.174.